The van der Waals surface area contributed by atoms with E-state index in [0.717, 1.165) is 18.5 Å². The molecule has 0 amide bonds. The summed E-state index contributed by atoms with van der Waals surface area (Å²) in [6, 6.07) is 5.15. The second-order valence-corrected chi connectivity index (χ2v) is 5.40. The second kappa shape index (κ2) is 7.61. The van der Waals surface area contributed by atoms with Crippen LogP contribution in [0, 0.1) is 18.7 Å². The third kappa shape index (κ3) is 4.29. The summed E-state index contributed by atoms with van der Waals surface area (Å²) in [7, 11) is 1.69. The fraction of sp³-hybridized carbons (Fsp3) is 0.625. The molecule has 2 nitrogen and oxygen atoms in total. The molecule has 0 spiro atoms. The van der Waals surface area contributed by atoms with Crippen LogP contribution in [0.3, 0.4) is 0 Å². The molecule has 0 aliphatic carbocycles. The number of methoxy groups -OCH3 is 1. The number of halogens is 1. The Hall–Kier alpha value is -0.930. The molecular formula is C16H26FNO. The summed E-state index contributed by atoms with van der Waals surface area (Å²) in [5.74, 6) is 0.154. The molecule has 0 heterocycles. The molecule has 0 aromatic heterocycles. The zero-order valence-electron chi connectivity index (χ0n) is 12.7. The molecule has 1 aromatic carbocycles. The molecule has 19 heavy (non-hydrogen) atoms. The van der Waals surface area contributed by atoms with E-state index in [1.54, 1.807) is 19.2 Å². The molecule has 108 valence electrons. The van der Waals surface area contributed by atoms with Gasteiger partial charge in [0.15, 0.2) is 0 Å². The molecule has 0 saturated heterocycles. The highest BCUT2D eigenvalue weighted by atomic mass is 19.1. The molecule has 0 bridgehead atoms. The Morgan fingerprint density at radius 3 is 2.53 bits per heavy atom. The summed E-state index contributed by atoms with van der Waals surface area (Å²) in [6.07, 6.45) is 0.973. The molecule has 0 aliphatic heterocycles. The lowest BCUT2D eigenvalue weighted by molar-refractivity contribution is 0.0316. The summed E-state index contributed by atoms with van der Waals surface area (Å²) >= 11 is 0. The Kier molecular flexibility index (Phi) is 6.46. The van der Waals surface area contributed by atoms with E-state index in [0.29, 0.717) is 11.5 Å². The third-order valence-corrected chi connectivity index (χ3v) is 3.36. The molecule has 1 aromatic rings. The van der Waals surface area contributed by atoms with Crippen LogP contribution in [0.1, 0.15) is 44.4 Å². The Morgan fingerprint density at radius 1 is 1.32 bits per heavy atom. The number of hydrogen-bond acceptors (Lipinski definition) is 2. The average molecular weight is 267 g/mol. The maximum Gasteiger partial charge on any atom is 0.128 e. The predicted molar refractivity (Wildman–Crippen MR) is 77.8 cm³/mol. The Labute approximate surface area is 116 Å². The fourth-order valence-electron chi connectivity index (χ4n) is 2.40. The van der Waals surface area contributed by atoms with Gasteiger partial charge < -0.3 is 10.1 Å². The van der Waals surface area contributed by atoms with Crippen LogP contribution in [0.15, 0.2) is 18.2 Å². The van der Waals surface area contributed by atoms with Crippen LogP contribution in [0.2, 0.25) is 0 Å². The maximum atomic E-state index is 14.1. The van der Waals surface area contributed by atoms with Crippen molar-refractivity contribution in [3.8, 4) is 0 Å². The molecule has 0 radical (unpaired) electrons. The van der Waals surface area contributed by atoms with Gasteiger partial charge in [-0.25, -0.2) is 4.39 Å². The van der Waals surface area contributed by atoms with E-state index in [1.165, 1.54) is 0 Å². The number of aryl methyl sites for hydroxylation is 1. The van der Waals surface area contributed by atoms with Gasteiger partial charge in [-0.15, -0.1) is 0 Å². The molecular weight excluding hydrogens is 241 g/mol. The first-order valence-corrected chi connectivity index (χ1v) is 7.03. The lowest BCUT2D eigenvalue weighted by Crippen LogP contribution is -2.37. The van der Waals surface area contributed by atoms with Gasteiger partial charge in [0.25, 0.3) is 0 Å². The number of ether oxygens (including phenoxy) is 1. The predicted octanol–water partition coefficient (Wildman–Crippen LogP) is 3.85. The van der Waals surface area contributed by atoms with Gasteiger partial charge in [0.2, 0.25) is 0 Å². The van der Waals surface area contributed by atoms with Gasteiger partial charge in [0.05, 0.1) is 12.1 Å². The van der Waals surface area contributed by atoms with Gasteiger partial charge in [0, 0.05) is 12.7 Å². The summed E-state index contributed by atoms with van der Waals surface area (Å²) in [4.78, 5) is 0. The summed E-state index contributed by atoms with van der Waals surface area (Å²) < 4.78 is 19.7. The third-order valence-electron chi connectivity index (χ3n) is 3.36. The Morgan fingerprint density at radius 2 is 2.00 bits per heavy atom. The van der Waals surface area contributed by atoms with E-state index in [4.69, 9.17) is 4.74 Å². The normalized spacial score (nSPS) is 14.7. The van der Waals surface area contributed by atoms with Crippen molar-refractivity contribution in [2.24, 2.45) is 5.92 Å². The SMILES string of the molecule is CCCNC(c1cc(C)ccc1F)C(OC)C(C)C. The van der Waals surface area contributed by atoms with Gasteiger partial charge in [-0.1, -0.05) is 38.5 Å². The maximum absolute atomic E-state index is 14.1. The van der Waals surface area contributed by atoms with E-state index < -0.39 is 0 Å². The van der Waals surface area contributed by atoms with E-state index in [9.17, 15) is 4.39 Å². The van der Waals surface area contributed by atoms with E-state index >= 15 is 0 Å². The largest absolute Gasteiger partial charge is 0.379 e. The van der Waals surface area contributed by atoms with E-state index in [2.05, 4.69) is 26.1 Å². The van der Waals surface area contributed by atoms with Crippen LogP contribution in [0.25, 0.3) is 0 Å². The first kappa shape index (κ1) is 16.1. The minimum atomic E-state index is -0.165. The average Bonchev–Trinajstić information content (AvgIpc) is 2.37. The van der Waals surface area contributed by atoms with Crippen molar-refractivity contribution in [3.63, 3.8) is 0 Å². The molecule has 3 heteroatoms. The zero-order chi connectivity index (χ0) is 14.4. The molecule has 0 fully saturated rings. The molecule has 2 unspecified atom stereocenters. The van der Waals surface area contributed by atoms with Crippen LogP contribution in [-0.4, -0.2) is 19.8 Å². The van der Waals surface area contributed by atoms with Crippen LogP contribution in [-0.2, 0) is 4.74 Å². The summed E-state index contributed by atoms with van der Waals surface area (Å²) in [5.41, 5.74) is 1.77. The first-order chi connectivity index (χ1) is 9.01. The van der Waals surface area contributed by atoms with Crippen molar-refractivity contribution in [3.05, 3.63) is 35.1 Å². The molecule has 0 aliphatic rings. The zero-order valence-corrected chi connectivity index (χ0v) is 12.7. The van der Waals surface area contributed by atoms with Gasteiger partial charge in [-0.2, -0.15) is 0 Å². The number of nitrogens with one attached hydrogen (secondary N) is 1. The van der Waals surface area contributed by atoms with Crippen LogP contribution in [0.4, 0.5) is 4.39 Å². The van der Waals surface area contributed by atoms with Gasteiger partial charge in [-0.3, -0.25) is 0 Å². The smallest absolute Gasteiger partial charge is 0.128 e. The number of hydrogen-bond donors (Lipinski definition) is 1. The van der Waals surface area contributed by atoms with Gasteiger partial charge in [-0.05, 0) is 31.9 Å². The second-order valence-electron chi connectivity index (χ2n) is 5.40. The van der Waals surface area contributed by atoms with Crippen molar-refractivity contribution in [2.75, 3.05) is 13.7 Å². The molecule has 2 atom stereocenters. The summed E-state index contributed by atoms with van der Waals surface area (Å²) in [5, 5.41) is 3.42. The van der Waals surface area contributed by atoms with Crippen molar-refractivity contribution >= 4 is 0 Å². The fourth-order valence-corrected chi connectivity index (χ4v) is 2.40. The lowest BCUT2D eigenvalue weighted by atomic mass is 9.92. The first-order valence-electron chi connectivity index (χ1n) is 7.03. The number of rotatable bonds is 7. The van der Waals surface area contributed by atoms with Crippen LogP contribution < -0.4 is 5.32 Å². The van der Waals surface area contributed by atoms with E-state index in [-0.39, 0.29) is 18.0 Å². The molecule has 0 saturated carbocycles. The highest BCUT2D eigenvalue weighted by Gasteiger charge is 2.27. The number of benzene rings is 1. The molecule has 1 N–H and O–H groups in total. The minimum absolute atomic E-state index is 0.0390. The minimum Gasteiger partial charge on any atom is -0.379 e. The van der Waals surface area contributed by atoms with Gasteiger partial charge >= 0.3 is 0 Å². The quantitative estimate of drug-likeness (QED) is 0.810. The van der Waals surface area contributed by atoms with Crippen LogP contribution in [0.5, 0.6) is 0 Å². The van der Waals surface area contributed by atoms with Crippen molar-refractivity contribution < 1.29 is 9.13 Å². The van der Waals surface area contributed by atoms with Crippen LogP contribution >= 0.6 is 0 Å². The highest BCUT2D eigenvalue weighted by molar-refractivity contribution is 5.28. The van der Waals surface area contributed by atoms with Gasteiger partial charge in [0.1, 0.15) is 5.82 Å². The highest BCUT2D eigenvalue weighted by Crippen LogP contribution is 2.27. The van der Waals surface area contributed by atoms with Crippen molar-refractivity contribution in [1.82, 2.24) is 5.32 Å². The standard InChI is InChI=1S/C16H26FNO/c1-6-9-18-15(16(19-5)11(2)3)13-10-12(4)7-8-14(13)17/h7-8,10-11,15-16,18H,6,9H2,1-5H3. The Bertz CT molecular complexity index is 392. The Balaban J connectivity index is 3.10. The monoisotopic (exact) mass is 267 g/mol. The lowest BCUT2D eigenvalue weighted by Gasteiger charge is -2.30. The molecule has 1 rings (SSSR count). The topological polar surface area (TPSA) is 21.3 Å². The van der Waals surface area contributed by atoms with Crippen molar-refractivity contribution in [1.29, 1.82) is 0 Å². The van der Waals surface area contributed by atoms with E-state index in [1.807, 2.05) is 13.0 Å². The summed E-state index contributed by atoms with van der Waals surface area (Å²) in [6.45, 7) is 9.14. The van der Waals surface area contributed by atoms with Crippen molar-refractivity contribution in [2.45, 2.75) is 46.3 Å².